The Morgan fingerprint density at radius 3 is 2.22 bits per heavy atom. The average Bonchev–Trinajstić information content (AvgIpc) is 2.70. The van der Waals surface area contributed by atoms with Crippen molar-refractivity contribution < 1.29 is 9.59 Å². The quantitative estimate of drug-likeness (QED) is 0.557. The van der Waals surface area contributed by atoms with Gasteiger partial charge in [0.15, 0.2) is 0 Å². The second kappa shape index (κ2) is 6.84. The van der Waals surface area contributed by atoms with Crippen molar-refractivity contribution in [3.05, 3.63) is 83.4 Å². The first-order valence-corrected chi connectivity index (χ1v) is 9.31. The summed E-state index contributed by atoms with van der Waals surface area (Å²) in [6.07, 6.45) is 4.85. The monoisotopic (exact) mass is 355 g/mol. The highest BCUT2D eigenvalue weighted by molar-refractivity contribution is 6.35. The SMILES string of the molecule is C=Cc1ccc(N2C(=O)c3cccc4cccc(c34)C2=O)cc1CCCC. The summed E-state index contributed by atoms with van der Waals surface area (Å²) in [7, 11) is 0. The van der Waals surface area contributed by atoms with Crippen molar-refractivity contribution in [3.63, 3.8) is 0 Å². The third-order valence-electron chi connectivity index (χ3n) is 5.18. The Balaban J connectivity index is 1.85. The first kappa shape index (κ1) is 17.2. The molecule has 1 heterocycles. The minimum Gasteiger partial charge on any atom is -0.268 e. The molecule has 0 fully saturated rings. The van der Waals surface area contributed by atoms with E-state index in [2.05, 4.69) is 13.5 Å². The van der Waals surface area contributed by atoms with E-state index in [1.165, 1.54) is 4.90 Å². The van der Waals surface area contributed by atoms with Gasteiger partial charge < -0.3 is 0 Å². The number of amides is 2. The van der Waals surface area contributed by atoms with Crippen LogP contribution in [0.3, 0.4) is 0 Å². The zero-order valence-corrected chi connectivity index (χ0v) is 15.4. The molecule has 0 atom stereocenters. The number of imide groups is 1. The van der Waals surface area contributed by atoms with Gasteiger partial charge in [0.2, 0.25) is 0 Å². The van der Waals surface area contributed by atoms with E-state index in [-0.39, 0.29) is 11.8 Å². The van der Waals surface area contributed by atoms with Gasteiger partial charge in [0.25, 0.3) is 11.8 Å². The molecule has 0 saturated carbocycles. The van der Waals surface area contributed by atoms with Gasteiger partial charge in [-0.3, -0.25) is 9.59 Å². The van der Waals surface area contributed by atoms with Crippen LogP contribution in [-0.2, 0) is 6.42 Å². The molecule has 0 radical (unpaired) electrons. The molecule has 2 amide bonds. The molecule has 0 aromatic heterocycles. The molecule has 4 rings (SSSR count). The Labute approximate surface area is 158 Å². The summed E-state index contributed by atoms with van der Waals surface area (Å²) in [4.78, 5) is 27.7. The van der Waals surface area contributed by atoms with Gasteiger partial charge in [-0.15, -0.1) is 0 Å². The molecule has 0 aliphatic carbocycles. The Kier molecular flexibility index (Phi) is 4.36. The molecule has 3 aromatic carbocycles. The van der Waals surface area contributed by atoms with Gasteiger partial charge in [-0.1, -0.05) is 56.3 Å². The van der Waals surface area contributed by atoms with Gasteiger partial charge in [0.05, 0.1) is 5.69 Å². The van der Waals surface area contributed by atoms with Crippen LogP contribution in [0.5, 0.6) is 0 Å². The van der Waals surface area contributed by atoms with E-state index in [0.29, 0.717) is 16.8 Å². The van der Waals surface area contributed by atoms with Crippen LogP contribution in [-0.4, -0.2) is 11.8 Å². The number of carbonyl (C=O) groups is 2. The van der Waals surface area contributed by atoms with Crippen molar-refractivity contribution >= 4 is 34.4 Å². The van der Waals surface area contributed by atoms with Crippen molar-refractivity contribution in [2.75, 3.05) is 4.90 Å². The summed E-state index contributed by atoms with van der Waals surface area (Å²) < 4.78 is 0. The third-order valence-corrected chi connectivity index (χ3v) is 5.18. The van der Waals surface area contributed by atoms with Crippen LogP contribution >= 0.6 is 0 Å². The van der Waals surface area contributed by atoms with E-state index in [9.17, 15) is 9.59 Å². The Morgan fingerprint density at radius 2 is 1.63 bits per heavy atom. The summed E-state index contributed by atoms with van der Waals surface area (Å²) in [5.74, 6) is -0.533. The van der Waals surface area contributed by atoms with E-state index in [1.54, 1.807) is 12.1 Å². The lowest BCUT2D eigenvalue weighted by Crippen LogP contribution is -2.40. The maximum atomic E-state index is 13.2. The molecule has 27 heavy (non-hydrogen) atoms. The topological polar surface area (TPSA) is 37.4 Å². The Morgan fingerprint density at radius 1 is 0.963 bits per heavy atom. The lowest BCUT2D eigenvalue weighted by molar-refractivity contribution is 0.0893. The van der Waals surface area contributed by atoms with E-state index < -0.39 is 0 Å². The first-order valence-electron chi connectivity index (χ1n) is 9.31. The van der Waals surface area contributed by atoms with Crippen LogP contribution in [0.2, 0.25) is 0 Å². The van der Waals surface area contributed by atoms with E-state index in [1.807, 2.05) is 48.5 Å². The number of benzene rings is 3. The fourth-order valence-corrected chi connectivity index (χ4v) is 3.78. The predicted octanol–water partition coefficient (Wildman–Crippen LogP) is 5.63. The van der Waals surface area contributed by atoms with Crippen LogP contribution < -0.4 is 4.90 Å². The highest BCUT2D eigenvalue weighted by Crippen LogP contribution is 2.33. The summed E-state index contributed by atoms with van der Waals surface area (Å²) in [5.41, 5.74) is 3.93. The van der Waals surface area contributed by atoms with Crippen LogP contribution in [0.15, 0.2) is 61.2 Å². The summed E-state index contributed by atoms with van der Waals surface area (Å²) >= 11 is 0. The zero-order valence-electron chi connectivity index (χ0n) is 15.4. The normalized spacial score (nSPS) is 13.3. The van der Waals surface area contributed by atoms with Gasteiger partial charge in [0.1, 0.15) is 0 Å². The number of aryl methyl sites for hydroxylation is 1. The van der Waals surface area contributed by atoms with Gasteiger partial charge in [-0.25, -0.2) is 4.90 Å². The van der Waals surface area contributed by atoms with E-state index in [0.717, 1.165) is 41.2 Å². The maximum Gasteiger partial charge on any atom is 0.265 e. The molecule has 134 valence electrons. The van der Waals surface area contributed by atoms with Crippen LogP contribution in [0.25, 0.3) is 16.8 Å². The molecule has 0 N–H and O–H groups in total. The van der Waals surface area contributed by atoms with Crippen molar-refractivity contribution in [2.45, 2.75) is 26.2 Å². The number of nitrogens with zero attached hydrogens (tertiary/aromatic N) is 1. The summed E-state index contributed by atoms with van der Waals surface area (Å²) in [6, 6.07) is 16.9. The largest absolute Gasteiger partial charge is 0.268 e. The van der Waals surface area contributed by atoms with Crippen LogP contribution in [0.1, 0.15) is 51.6 Å². The average molecular weight is 355 g/mol. The summed E-state index contributed by atoms with van der Waals surface area (Å²) in [6.45, 7) is 6.03. The van der Waals surface area contributed by atoms with Crippen molar-refractivity contribution in [1.82, 2.24) is 0 Å². The molecule has 1 aliphatic rings. The molecule has 0 spiro atoms. The number of unbranched alkanes of at least 4 members (excludes halogenated alkanes) is 1. The van der Waals surface area contributed by atoms with Crippen molar-refractivity contribution in [2.24, 2.45) is 0 Å². The third kappa shape index (κ3) is 2.76. The summed E-state index contributed by atoms with van der Waals surface area (Å²) in [5, 5.41) is 1.66. The standard InChI is InChI=1S/C24H21NO2/c1-3-5-8-18-15-19(14-13-16(18)4-2)25-23(26)20-11-6-9-17-10-7-12-21(22(17)20)24(25)27/h4,6-7,9-15H,2-3,5,8H2,1H3. The van der Waals surface area contributed by atoms with E-state index >= 15 is 0 Å². The number of carbonyl (C=O) groups excluding carboxylic acids is 2. The number of hydrogen-bond donors (Lipinski definition) is 0. The predicted molar refractivity (Wildman–Crippen MR) is 110 cm³/mol. The second-order valence-electron chi connectivity index (χ2n) is 6.85. The first-order chi connectivity index (χ1) is 13.2. The Bertz CT molecular complexity index is 1030. The lowest BCUT2D eigenvalue weighted by atomic mass is 9.93. The molecular weight excluding hydrogens is 334 g/mol. The van der Waals surface area contributed by atoms with Gasteiger partial charge in [-0.05, 0) is 53.6 Å². The molecule has 0 unspecified atom stereocenters. The second-order valence-corrected chi connectivity index (χ2v) is 6.85. The fourth-order valence-electron chi connectivity index (χ4n) is 3.78. The van der Waals surface area contributed by atoms with Gasteiger partial charge >= 0.3 is 0 Å². The number of anilines is 1. The fraction of sp³-hybridized carbons (Fsp3) is 0.167. The van der Waals surface area contributed by atoms with Crippen molar-refractivity contribution in [3.8, 4) is 0 Å². The van der Waals surface area contributed by atoms with Gasteiger partial charge in [-0.2, -0.15) is 0 Å². The smallest absolute Gasteiger partial charge is 0.265 e. The number of rotatable bonds is 5. The highest BCUT2D eigenvalue weighted by Gasteiger charge is 2.33. The minimum absolute atomic E-state index is 0.267. The maximum absolute atomic E-state index is 13.2. The molecule has 3 heteroatoms. The zero-order chi connectivity index (χ0) is 19.0. The Hall–Kier alpha value is -3.20. The molecular formula is C24H21NO2. The molecule has 3 nitrogen and oxygen atoms in total. The molecule has 0 saturated heterocycles. The number of hydrogen-bond acceptors (Lipinski definition) is 2. The molecule has 1 aliphatic heterocycles. The highest BCUT2D eigenvalue weighted by atomic mass is 16.2. The molecule has 0 bridgehead atoms. The van der Waals surface area contributed by atoms with Crippen molar-refractivity contribution in [1.29, 1.82) is 0 Å². The minimum atomic E-state index is -0.267. The van der Waals surface area contributed by atoms with Crippen LogP contribution in [0.4, 0.5) is 5.69 Å². The van der Waals surface area contributed by atoms with Gasteiger partial charge in [0, 0.05) is 16.5 Å². The van der Waals surface area contributed by atoms with Crippen LogP contribution in [0, 0.1) is 0 Å². The molecule has 3 aromatic rings. The van der Waals surface area contributed by atoms with E-state index in [4.69, 9.17) is 0 Å². The lowest BCUT2D eigenvalue weighted by Gasteiger charge is -2.27.